The summed E-state index contributed by atoms with van der Waals surface area (Å²) >= 11 is 0. The molecule has 0 aliphatic heterocycles. The van der Waals surface area contributed by atoms with Crippen LogP contribution in [0.4, 0.5) is 0 Å². The first-order chi connectivity index (χ1) is 11.7. The number of rotatable bonds is 4. The van der Waals surface area contributed by atoms with E-state index in [4.69, 9.17) is 0 Å². The van der Waals surface area contributed by atoms with E-state index >= 15 is 0 Å². The molecular weight excluding hydrogens is 298 g/mol. The Morgan fingerprint density at radius 2 is 1.42 bits per heavy atom. The van der Waals surface area contributed by atoms with Crippen molar-refractivity contribution in [3.05, 3.63) is 95.1 Å². The van der Waals surface area contributed by atoms with Gasteiger partial charge in [-0.2, -0.15) is 0 Å². The lowest BCUT2D eigenvalue weighted by Crippen LogP contribution is -2.30. The highest BCUT2D eigenvalue weighted by Crippen LogP contribution is 2.22. The minimum Gasteiger partial charge on any atom is -0.340 e. The predicted octanol–water partition coefficient (Wildman–Crippen LogP) is 3.61. The fraction of sp³-hybridized carbons (Fsp3) is 0.150. The molecule has 1 N–H and O–H groups in total. The Bertz CT molecular complexity index is 793. The Balaban J connectivity index is 1.95. The van der Waals surface area contributed by atoms with Gasteiger partial charge in [-0.1, -0.05) is 60.7 Å². The van der Waals surface area contributed by atoms with Crippen LogP contribution in [0.25, 0.3) is 0 Å². The SMILES string of the molecule is Cc1ncnc(C(=O)NC(c2ccccc2)c2ccccc2)c1C. The number of carbonyl (C=O) groups is 1. The van der Waals surface area contributed by atoms with Crippen molar-refractivity contribution in [2.24, 2.45) is 0 Å². The maximum Gasteiger partial charge on any atom is 0.271 e. The molecule has 4 nitrogen and oxygen atoms in total. The van der Waals surface area contributed by atoms with E-state index in [1.165, 1.54) is 6.33 Å². The Morgan fingerprint density at radius 3 is 1.96 bits per heavy atom. The van der Waals surface area contributed by atoms with Crippen LogP contribution >= 0.6 is 0 Å². The van der Waals surface area contributed by atoms with Crippen molar-refractivity contribution >= 4 is 5.91 Å². The van der Waals surface area contributed by atoms with Gasteiger partial charge in [0.15, 0.2) is 0 Å². The van der Waals surface area contributed by atoms with Gasteiger partial charge in [-0.25, -0.2) is 9.97 Å². The summed E-state index contributed by atoms with van der Waals surface area (Å²) in [5, 5.41) is 3.10. The minimum absolute atomic E-state index is 0.198. The van der Waals surface area contributed by atoms with Crippen LogP contribution in [0.3, 0.4) is 0 Å². The lowest BCUT2D eigenvalue weighted by molar-refractivity contribution is 0.0937. The maximum absolute atomic E-state index is 12.8. The summed E-state index contributed by atoms with van der Waals surface area (Å²) in [6.07, 6.45) is 1.43. The molecule has 3 rings (SSSR count). The van der Waals surface area contributed by atoms with Crippen LogP contribution in [-0.2, 0) is 0 Å². The van der Waals surface area contributed by atoms with E-state index in [1.807, 2.05) is 74.5 Å². The highest BCUT2D eigenvalue weighted by Gasteiger charge is 2.20. The fourth-order valence-corrected chi connectivity index (χ4v) is 2.62. The van der Waals surface area contributed by atoms with Crippen molar-refractivity contribution < 1.29 is 4.79 Å². The van der Waals surface area contributed by atoms with Crippen molar-refractivity contribution in [3.63, 3.8) is 0 Å². The van der Waals surface area contributed by atoms with Gasteiger partial charge in [0.05, 0.1) is 6.04 Å². The summed E-state index contributed by atoms with van der Waals surface area (Å²) in [7, 11) is 0. The lowest BCUT2D eigenvalue weighted by Gasteiger charge is -2.20. The highest BCUT2D eigenvalue weighted by atomic mass is 16.1. The summed E-state index contributed by atoms with van der Waals surface area (Å²) in [4.78, 5) is 21.1. The number of aromatic nitrogens is 2. The van der Waals surface area contributed by atoms with Gasteiger partial charge in [-0.05, 0) is 25.0 Å². The number of nitrogens with one attached hydrogen (secondary N) is 1. The van der Waals surface area contributed by atoms with E-state index in [2.05, 4.69) is 15.3 Å². The number of nitrogens with zero attached hydrogens (tertiary/aromatic N) is 2. The Kier molecular flexibility index (Phi) is 4.66. The second-order valence-corrected chi connectivity index (χ2v) is 5.66. The summed E-state index contributed by atoms with van der Waals surface area (Å²) in [5.74, 6) is -0.198. The van der Waals surface area contributed by atoms with Crippen molar-refractivity contribution in [2.75, 3.05) is 0 Å². The second-order valence-electron chi connectivity index (χ2n) is 5.66. The zero-order valence-electron chi connectivity index (χ0n) is 13.7. The number of amides is 1. The largest absolute Gasteiger partial charge is 0.340 e. The first-order valence-corrected chi connectivity index (χ1v) is 7.86. The Hall–Kier alpha value is -3.01. The molecule has 1 aromatic heterocycles. The van der Waals surface area contributed by atoms with E-state index in [0.717, 1.165) is 22.4 Å². The van der Waals surface area contributed by atoms with Gasteiger partial charge >= 0.3 is 0 Å². The molecule has 3 aromatic rings. The molecule has 0 bridgehead atoms. The molecule has 0 saturated heterocycles. The van der Waals surface area contributed by atoms with Gasteiger partial charge in [0, 0.05) is 11.3 Å². The van der Waals surface area contributed by atoms with Crippen molar-refractivity contribution in [1.82, 2.24) is 15.3 Å². The third kappa shape index (κ3) is 3.33. The van der Waals surface area contributed by atoms with E-state index in [1.54, 1.807) is 0 Å². The van der Waals surface area contributed by atoms with E-state index < -0.39 is 0 Å². The molecule has 0 fully saturated rings. The second kappa shape index (κ2) is 7.04. The average Bonchev–Trinajstić information content (AvgIpc) is 2.63. The van der Waals surface area contributed by atoms with Gasteiger partial charge in [0.1, 0.15) is 12.0 Å². The molecule has 4 heteroatoms. The molecule has 0 aliphatic rings. The molecule has 1 heterocycles. The fourth-order valence-electron chi connectivity index (χ4n) is 2.62. The third-order valence-corrected chi connectivity index (χ3v) is 4.09. The van der Waals surface area contributed by atoms with Crippen molar-refractivity contribution in [3.8, 4) is 0 Å². The summed E-state index contributed by atoms with van der Waals surface area (Å²) < 4.78 is 0. The van der Waals surface area contributed by atoms with Gasteiger partial charge < -0.3 is 5.32 Å². The zero-order valence-corrected chi connectivity index (χ0v) is 13.7. The van der Waals surface area contributed by atoms with Gasteiger partial charge in [0.2, 0.25) is 0 Å². The number of benzene rings is 2. The highest BCUT2D eigenvalue weighted by molar-refractivity contribution is 5.94. The van der Waals surface area contributed by atoms with Crippen LogP contribution in [0, 0.1) is 13.8 Å². The Morgan fingerprint density at radius 1 is 0.875 bits per heavy atom. The summed E-state index contributed by atoms with van der Waals surface area (Å²) in [5.41, 5.74) is 4.08. The molecule has 2 aromatic carbocycles. The van der Waals surface area contributed by atoms with Crippen molar-refractivity contribution in [1.29, 1.82) is 0 Å². The standard InChI is InChI=1S/C20H19N3O/c1-14-15(2)21-13-22-18(14)20(24)23-19(16-9-5-3-6-10-16)17-11-7-4-8-12-17/h3-13,19H,1-2H3,(H,23,24). The third-order valence-electron chi connectivity index (χ3n) is 4.09. The summed E-state index contributed by atoms with van der Waals surface area (Å²) in [6, 6.07) is 19.6. The first-order valence-electron chi connectivity index (χ1n) is 7.86. The lowest BCUT2D eigenvalue weighted by atomic mass is 9.98. The normalized spacial score (nSPS) is 10.6. The van der Waals surface area contributed by atoms with Crippen LogP contribution in [-0.4, -0.2) is 15.9 Å². The molecule has 24 heavy (non-hydrogen) atoms. The molecule has 0 aliphatic carbocycles. The minimum atomic E-state index is -0.227. The smallest absolute Gasteiger partial charge is 0.271 e. The molecular formula is C20H19N3O. The van der Waals surface area contributed by atoms with Gasteiger partial charge in [0.25, 0.3) is 5.91 Å². The van der Waals surface area contributed by atoms with Gasteiger partial charge in [-0.15, -0.1) is 0 Å². The van der Waals surface area contributed by atoms with Crippen LogP contribution in [0.2, 0.25) is 0 Å². The number of carbonyl (C=O) groups excluding carboxylic acids is 1. The first kappa shape index (κ1) is 15.9. The van der Waals surface area contributed by atoms with Crippen LogP contribution < -0.4 is 5.32 Å². The van der Waals surface area contributed by atoms with E-state index in [9.17, 15) is 4.79 Å². The predicted molar refractivity (Wildman–Crippen MR) is 93.7 cm³/mol. The van der Waals surface area contributed by atoms with Gasteiger partial charge in [-0.3, -0.25) is 4.79 Å². The quantitative estimate of drug-likeness (QED) is 0.799. The maximum atomic E-state index is 12.8. The molecule has 0 unspecified atom stereocenters. The van der Waals surface area contributed by atoms with E-state index in [0.29, 0.717) is 5.69 Å². The Labute approximate surface area is 141 Å². The molecule has 120 valence electrons. The molecule has 1 amide bonds. The van der Waals surface area contributed by atoms with Crippen LogP contribution in [0.15, 0.2) is 67.0 Å². The molecule has 0 atom stereocenters. The van der Waals surface area contributed by atoms with Crippen LogP contribution in [0.5, 0.6) is 0 Å². The van der Waals surface area contributed by atoms with Crippen molar-refractivity contribution in [2.45, 2.75) is 19.9 Å². The monoisotopic (exact) mass is 317 g/mol. The zero-order chi connectivity index (χ0) is 16.9. The molecule has 0 radical (unpaired) electrons. The number of hydrogen-bond donors (Lipinski definition) is 1. The van der Waals surface area contributed by atoms with E-state index in [-0.39, 0.29) is 11.9 Å². The molecule has 0 saturated carbocycles. The average molecular weight is 317 g/mol. The summed E-state index contributed by atoms with van der Waals surface area (Å²) in [6.45, 7) is 3.74. The topological polar surface area (TPSA) is 54.9 Å². The molecule has 0 spiro atoms. The number of aryl methyl sites for hydroxylation is 1. The number of hydrogen-bond acceptors (Lipinski definition) is 3. The van der Waals surface area contributed by atoms with Crippen LogP contribution in [0.1, 0.15) is 38.9 Å².